The van der Waals surface area contributed by atoms with E-state index >= 15 is 0 Å². The molecule has 4 heteroatoms. The molecule has 0 atom stereocenters. The summed E-state index contributed by atoms with van der Waals surface area (Å²) in [6.07, 6.45) is 1.76. The zero-order chi connectivity index (χ0) is 13.5. The molecule has 0 saturated carbocycles. The number of ketones is 1. The summed E-state index contributed by atoms with van der Waals surface area (Å²) in [6, 6.07) is 7.52. The Kier molecular flexibility index (Phi) is 3.03. The Morgan fingerprint density at radius 1 is 1.22 bits per heavy atom. The second-order valence-electron chi connectivity index (χ2n) is 5.25. The fourth-order valence-corrected chi connectivity index (χ4v) is 2.11. The van der Waals surface area contributed by atoms with Crippen molar-refractivity contribution in [2.45, 2.75) is 26.2 Å². The number of nitrogens with zero attached hydrogens (tertiary/aromatic N) is 1. The average Bonchev–Trinajstić information content (AvgIpc) is 2.66. The smallest absolute Gasteiger partial charge is 0.294 e. The van der Waals surface area contributed by atoms with Gasteiger partial charge in [0, 0.05) is 11.7 Å². The first-order valence-electron chi connectivity index (χ1n) is 5.67. The van der Waals surface area contributed by atoms with Gasteiger partial charge in [-0.05, 0) is 40.8 Å². The molecule has 94 valence electrons. The first-order chi connectivity index (χ1) is 8.32. The number of aromatic nitrogens is 1. The Balaban J connectivity index is 2.82. The van der Waals surface area contributed by atoms with Gasteiger partial charge in [0.1, 0.15) is 5.69 Å². The van der Waals surface area contributed by atoms with Crippen molar-refractivity contribution in [1.82, 2.24) is 4.40 Å². The molecule has 0 N–H and O–H groups in total. The molecule has 0 aromatic carbocycles. The number of hydrogen-bond donors (Lipinski definition) is 0. The second kappa shape index (κ2) is 4.25. The van der Waals surface area contributed by atoms with E-state index in [0.717, 1.165) is 11.1 Å². The number of rotatable bonds is 2. The predicted octanol–water partition coefficient (Wildman–Crippen LogP) is 3.18. The lowest BCUT2D eigenvalue weighted by Crippen LogP contribution is -2.19. The van der Waals surface area contributed by atoms with Crippen molar-refractivity contribution >= 4 is 28.1 Å². The van der Waals surface area contributed by atoms with Crippen LogP contribution >= 0.6 is 11.6 Å². The molecule has 0 aliphatic heterocycles. The highest BCUT2D eigenvalue weighted by molar-refractivity contribution is 6.83. The van der Waals surface area contributed by atoms with Crippen LogP contribution in [0.15, 0.2) is 30.5 Å². The summed E-state index contributed by atoms with van der Waals surface area (Å²) in [5, 5.41) is -0.954. The highest BCUT2D eigenvalue weighted by Crippen LogP contribution is 2.29. The topological polar surface area (TPSA) is 38.5 Å². The van der Waals surface area contributed by atoms with E-state index in [1.54, 1.807) is 10.6 Å². The molecular formula is C14H14ClNO2. The highest BCUT2D eigenvalue weighted by Gasteiger charge is 2.28. The molecule has 0 spiro atoms. The third kappa shape index (κ3) is 2.06. The van der Waals surface area contributed by atoms with Gasteiger partial charge in [0.15, 0.2) is 0 Å². The Morgan fingerprint density at radius 2 is 1.89 bits per heavy atom. The van der Waals surface area contributed by atoms with E-state index in [0.29, 0.717) is 5.69 Å². The van der Waals surface area contributed by atoms with E-state index in [4.69, 9.17) is 11.6 Å². The van der Waals surface area contributed by atoms with Gasteiger partial charge in [-0.15, -0.1) is 0 Å². The van der Waals surface area contributed by atoms with Crippen LogP contribution in [0.1, 0.15) is 36.8 Å². The second-order valence-corrected chi connectivity index (χ2v) is 5.60. The molecule has 2 aromatic heterocycles. The van der Waals surface area contributed by atoms with Gasteiger partial charge in [0.05, 0.1) is 0 Å². The summed E-state index contributed by atoms with van der Waals surface area (Å²) in [5.41, 5.74) is 1.83. The number of halogens is 1. The lowest BCUT2D eigenvalue weighted by Gasteiger charge is -2.18. The van der Waals surface area contributed by atoms with Gasteiger partial charge in [0.25, 0.3) is 11.0 Å². The first kappa shape index (κ1) is 12.8. The van der Waals surface area contributed by atoms with Crippen LogP contribution in [-0.2, 0) is 10.2 Å². The molecule has 0 unspecified atom stereocenters. The number of hydrogen-bond acceptors (Lipinski definition) is 2. The van der Waals surface area contributed by atoms with Gasteiger partial charge in [-0.2, -0.15) is 0 Å². The molecule has 2 heterocycles. The Hall–Kier alpha value is -1.61. The van der Waals surface area contributed by atoms with Gasteiger partial charge >= 0.3 is 0 Å². The molecule has 2 rings (SSSR count). The number of fused-ring (bicyclic) bond motifs is 1. The predicted molar refractivity (Wildman–Crippen MR) is 71.3 cm³/mol. The molecule has 0 aliphatic carbocycles. The van der Waals surface area contributed by atoms with Crippen LogP contribution in [0.3, 0.4) is 0 Å². The molecular weight excluding hydrogens is 250 g/mol. The average molecular weight is 264 g/mol. The van der Waals surface area contributed by atoms with Crippen LogP contribution in [0.4, 0.5) is 0 Å². The monoisotopic (exact) mass is 263 g/mol. The van der Waals surface area contributed by atoms with E-state index < -0.39 is 11.0 Å². The minimum Gasteiger partial charge on any atom is -0.313 e. The van der Waals surface area contributed by atoms with Crippen LogP contribution in [0, 0.1) is 0 Å². The van der Waals surface area contributed by atoms with E-state index in [2.05, 4.69) is 0 Å². The first-order valence-corrected chi connectivity index (χ1v) is 6.05. The van der Waals surface area contributed by atoms with Gasteiger partial charge in [0.2, 0.25) is 0 Å². The summed E-state index contributed by atoms with van der Waals surface area (Å²) in [7, 11) is 0. The molecule has 0 bridgehead atoms. The minimum atomic E-state index is -0.954. The quantitative estimate of drug-likeness (QED) is 0.474. The van der Waals surface area contributed by atoms with Crippen molar-refractivity contribution in [3.63, 3.8) is 0 Å². The summed E-state index contributed by atoms with van der Waals surface area (Å²) in [6.45, 7) is 5.99. The van der Waals surface area contributed by atoms with E-state index in [1.165, 1.54) is 0 Å². The van der Waals surface area contributed by atoms with Crippen LogP contribution in [0.25, 0.3) is 5.52 Å². The van der Waals surface area contributed by atoms with Gasteiger partial charge in [-0.3, -0.25) is 9.59 Å². The normalized spacial score (nSPS) is 11.8. The maximum Gasteiger partial charge on any atom is 0.294 e. The lowest BCUT2D eigenvalue weighted by molar-refractivity contribution is -0.108. The zero-order valence-corrected chi connectivity index (χ0v) is 11.3. The van der Waals surface area contributed by atoms with E-state index in [1.807, 2.05) is 45.0 Å². The molecule has 0 amide bonds. The maximum atomic E-state index is 12.0. The van der Waals surface area contributed by atoms with Crippen molar-refractivity contribution in [3.8, 4) is 0 Å². The Labute approximate surface area is 110 Å². The van der Waals surface area contributed by atoms with Gasteiger partial charge in [-0.25, -0.2) is 0 Å². The maximum absolute atomic E-state index is 12.0. The zero-order valence-electron chi connectivity index (χ0n) is 10.5. The van der Waals surface area contributed by atoms with Crippen molar-refractivity contribution in [2.75, 3.05) is 0 Å². The largest absolute Gasteiger partial charge is 0.313 e. The third-order valence-corrected chi connectivity index (χ3v) is 3.05. The summed E-state index contributed by atoms with van der Waals surface area (Å²) < 4.78 is 1.71. The summed E-state index contributed by atoms with van der Waals surface area (Å²) in [5.74, 6) is -0.659. The number of carbonyl (C=O) groups excluding carboxylic acids is 2. The fraction of sp³-hybridized carbons (Fsp3) is 0.286. The van der Waals surface area contributed by atoms with Crippen molar-refractivity contribution in [3.05, 3.63) is 41.7 Å². The third-order valence-electron chi connectivity index (χ3n) is 2.88. The molecule has 2 aromatic rings. The molecule has 0 fully saturated rings. The van der Waals surface area contributed by atoms with E-state index in [-0.39, 0.29) is 5.41 Å². The molecule has 0 radical (unpaired) electrons. The Morgan fingerprint density at radius 3 is 2.44 bits per heavy atom. The molecule has 18 heavy (non-hydrogen) atoms. The van der Waals surface area contributed by atoms with Gasteiger partial charge < -0.3 is 4.40 Å². The van der Waals surface area contributed by atoms with Crippen molar-refractivity contribution < 1.29 is 9.59 Å². The van der Waals surface area contributed by atoms with E-state index in [9.17, 15) is 9.59 Å². The van der Waals surface area contributed by atoms with Crippen molar-refractivity contribution in [1.29, 1.82) is 0 Å². The standard InChI is InChI=1S/C14H14ClNO2/c1-14(2,3)10-8-9-6-4-5-7-16(9)11(10)12(17)13(15)18/h4-8H,1-3H3. The summed E-state index contributed by atoms with van der Waals surface area (Å²) >= 11 is 5.34. The minimum absolute atomic E-state index is 0.233. The van der Waals surface area contributed by atoms with Crippen molar-refractivity contribution in [2.24, 2.45) is 0 Å². The van der Waals surface area contributed by atoms with Crippen LogP contribution in [0.2, 0.25) is 0 Å². The highest BCUT2D eigenvalue weighted by atomic mass is 35.5. The number of Topliss-reactive ketones (excluding diaryl/α,β-unsaturated/α-hetero) is 1. The van der Waals surface area contributed by atoms with Crippen LogP contribution in [0.5, 0.6) is 0 Å². The number of pyridine rings is 1. The van der Waals surface area contributed by atoms with Crippen LogP contribution in [-0.4, -0.2) is 15.4 Å². The number of carbonyl (C=O) groups is 2. The fourth-order valence-electron chi connectivity index (χ4n) is 2.02. The molecule has 0 aliphatic rings. The molecule has 0 saturated heterocycles. The van der Waals surface area contributed by atoms with Gasteiger partial charge in [-0.1, -0.05) is 26.8 Å². The summed E-state index contributed by atoms with van der Waals surface area (Å²) in [4.78, 5) is 23.2. The lowest BCUT2D eigenvalue weighted by atomic mass is 9.86. The Bertz CT molecular complexity index is 635. The van der Waals surface area contributed by atoms with Crippen LogP contribution < -0.4 is 0 Å². The SMILES string of the molecule is CC(C)(C)c1cc2ccccn2c1C(=O)C(=O)Cl. The molecule has 3 nitrogen and oxygen atoms in total.